The van der Waals surface area contributed by atoms with Crippen LogP contribution in [0.2, 0.25) is 0 Å². The first-order valence-corrected chi connectivity index (χ1v) is 26.6. The van der Waals surface area contributed by atoms with Gasteiger partial charge in [-0.05, 0) is 139 Å². The number of hydrogen-bond donors (Lipinski definition) is 1. The van der Waals surface area contributed by atoms with Gasteiger partial charge in [0.1, 0.15) is 22.3 Å². The van der Waals surface area contributed by atoms with Crippen LogP contribution in [0.15, 0.2) is 160 Å². The summed E-state index contributed by atoms with van der Waals surface area (Å²) < 4.78 is 16.9. The molecule has 0 amide bonds. The smallest absolute Gasteiger partial charge is 0.211 e. The van der Waals surface area contributed by atoms with Crippen molar-refractivity contribution in [1.82, 2.24) is 0 Å². The van der Waals surface area contributed by atoms with Crippen molar-refractivity contribution in [3.63, 3.8) is 0 Å². The van der Waals surface area contributed by atoms with Crippen LogP contribution in [0.3, 0.4) is 0 Å². The van der Waals surface area contributed by atoms with Gasteiger partial charge >= 0.3 is 0 Å². The molecule has 0 fully saturated rings. The summed E-state index contributed by atoms with van der Waals surface area (Å²) in [4.78, 5) is 2.60. The van der Waals surface area contributed by atoms with Crippen LogP contribution in [0.25, 0.3) is 76.2 Å². The highest BCUT2D eigenvalue weighted by molar-refractivity contribution is 7.29. The van der Waals surface area contributed by atoms with E-state index in [2.05, 4.69) is 231 Å². The van der Waals surface area contributed by atoms with Crippen LogP contribution in [-0.2, 0) is 21.7 Å². The van der Waals surface area contributed by atoms with Gasteiger partial charge in [0.15, 0.2) is 0 Å². The predicted octanol–water partition coefficient (Wildman–Crippen LogP) is 17.9. The van der Waals surface area contributed by atoms with Crippen molar-refractivity contribution in [2.45, 2.75) is 104 Å². The van der Waals surface area contributed by atoms with Crippen molar-refractivity contribution in [1.29, 1.82) is 0 Å². The topological polar surface area (TPSA) is 41.6 Å². The molecule has 0 atom stereocenters. The summed E-state index contributed by atoms with van der Waals surface area (Å²) >= 11 is 1.91. The van der Waals surface area contributed by atoms with Gasteiger partial charge in [-0.15, -0.1) is 11.3 Å². The monoisotopic (exact) mass is 956 g/mol. The second kappa shape index (κ2) is 15.7. The Morgan fingerprint density at radius 3 is 1.96 bits per heavy atom. The molecule has 0 unspecified atom stereocenters. The zero-order chi connectivity index (χ0) is 49.6. The van der Waals surface area contributed by atoms with E-state index in [-0.39, 0.29) is 21.7 Å². The highest BCUT2D eigenvalue weighted by Gasteiger charge is 2.39. The fourth-order valence-corrected chi connectivity index (χ4v) is 13.2. The number of para-hydroxylation sites is 1. The normalized spacial score (nSPS) is 15.3. The molecular formula is C66H61BN2O2S. The van der Waals surface area contributed by atoms with Gasteiger partial charge in [0.25, 0.3) is 0 Å². The third-order valence-corrected chi connectivity index (χ3v) is 17.4. The van der Waals surface area contributed by atoms with E-state index < -0.39 is 0 Å². The lowest BCUT2D eigenvalue weighted by atomic mass is 9.61. The highest BCUT2D eigenvalue weighted by Crippen LogP contribution is 2.53. The fourth-order valence-electron chi connectivity index (χ4n) is 12.0. The van der Waals surface area contributed by atoms with E-state index in [9.17, 15) is 0 Å². The molecule has 11 aromatic rings. The van der Waals surface area contributed by atoms with Gasteiger partial charge in [-0.25, -0.2) is 0 Å². The Bertz CT molecular complexity index is 4000. The Balaban J connectivity index is 1.16. The molecular weight excluding hydrogens is 896 g/mol. The summed E-state index contributed by atoms with van der Waals surface area (Å²) in [7, 11) is 0.740. The van der Waals surface area contributed by atoms with E-state index in [0.717, 1.165) is 97.9 Å². The number of fused-ring (bicyclic) bond motifs is 11. The minimum absolute atomic E-state index is 0.0185. The zero-order valence-corrected chi connectivity index (χ0v) is 44.0. The molecule has 0 spiro atoms. The lowest BCUT2D eigenvalue weighted by Crippen LogP contribution is -2.39. The first kappa shape index (κ1) is 44.9. The third-order valence-electron chi connectivity index (χ3n) is 16.3. The second-order valence-electron chi connectivity index (χ2n) is 24.0. The van der Waals surface area contributed by atoms with E-state index in [1.54, 1.807) is 0 Å². The molecule has 4 nitrogen and oxygen atoms in total. The molecule has 8 aromatic carbocycles. The van der Waals surface area contributed by atoms with Crippen LogP contribution in [0.4, 0.5) is 28.4 Å². The van der Waals surface area contributed by atoms with Gasteiger partial charge < -0.3 is 19.1 Å². The minimum atomic E-state index is -0.0469. The number of benzene rings is 8. The largest absolute Gasteiger partial charge is 0.456 e. The highest BCUT2D eigenvalue weighted by atomic mass is 32.1. The number of hydrogen-bond acceptors (Lipinski definition) is 5. The van der Waals surface area contributed by atoms with E-state index in [1.807, 2.05) is 11.3 Å². The molecule has 0 bridgehead atoms. The molecule has 0 radical (unpaired) electrons. The van der Waals surface area contributed by atoms with E-state index >= 15 is 0 Å². The van der Waals surface area contributed by atoms with Crippen molar-refractivity contribution in [2.24, 2.45) is 0 Å². The van der Waals surface area contributed by atoms with E-state index in [1.165, 1.54) is 59.4 Å². The SMILES string of the molecule is CC(C)(C)c1ccc(Nc2c(-c3c4c(cc5c3oc3ccccc35)N(c3ccc(C(C)(C)C)cc3-c3ccccc3)c3c(sc5ccccc35)B4)ccc3oc4cc5c(cc4c23)C(C)(C)CCC5(C)C)cc1. The summed E-state index contributed by atoms with van der Waals surface area (Å²) in [5.74, 6) is 0. The third kappa shape index (κ3) is 7.00. The molecule has 13 rings (SSSR count). The summed E-state index contributed by atoms with van der Waals surface area (Å²) in [6.07, 6.45) is 2.27. The first-order chi connectivity index (χ1) is 34.4. The maximum absolute atomic E-state index is 7.24. The molecule has 1 aliphatic heterocycles. The molecule has 0 saturated carbocycles. The number of rotatable bonds is 5. The van der Waals surface area contributed by atoms with Gasteiger partial charge in [-0.2, -0.15) is 0 Å². The van der Waals surface area contributed by atoms with Crippen LogP contribution in [0.1, 0.15) is 104 Å². The molecule has 72 heavy (non-hydrogen) atoms. The number of anilines is 5. The summed E-state index contributed by atoms with van der Waals surface area (Å²) in [6.45, 7) is 23.4. The summed E-state index contributed by atoms with van der Waals surface area (Å²) in [5.41, 5.74) is 20.4. The van der Waals surface area contributed by atoms with E-state index in [4.69, 9.17) is 8.83 Å². The molecule has 1 N–H and O–H groups in total. The number of nitrogens with one attached hydrogen (secondary N) is 1. The van der Waals surface area contributed by atoms with Crippen molar-refractivity contribution in [2.75, 3.05) is 10.2 Å². The Morgan fingerprint density at radius 1 is 0.556 bits per heavy atom. The molecule has 1 aliphatic carbocycles. The maximum Gasteiger partial charge on any atom is 0.211 e. The van der Waals surface area contributed by atoms with E-state index in [0.29, 0.717) is 0 Å². The van der Waals surface area contributed by atoms with Gasteiger partial charge in [0.05, 0.1) is 22.4 Å². The Morgan fingerprint density at radius 2 is 1.22 bits per heavy atom. The predicted molar refractivity (Wildman–Crippen MR) is 311 cm³/mol. The molecule has 2 aliphatic rings. The summed E-state index contributed by atoms with van der Waals surface area (Å²) in [5, 5.41) is 9.80. The Kier molecular flexibility index (Phi) is 9.81. The van der Waals surface area contributed by atoms with Crippen molar-refractivity contribution < 1.29 is 8.83 Å². The average Bonchev–Trinajstić information content (AvgIpc) is 4.05. The first-order valence-electron chi connectivity index (χ1n) is 25.8. The number of thiophene rings is 1. The number of furan rings is 2. The Hall–Kier alpha value is -7.02. The van der Waals surface area contributed by atoms with Crippen LogP contribution in [0.5, 0.6) is 0 Å². The maximum atomic E-state index is 7.24. The van der Waals surface area contributed by atoms with Crippen LogP contribution < -0.4 is 20.5 Å². The zero-order valence-electron chi connectivity index (χ0n) is 43.2. The van der Waals surface area contributed by atoms with Crippen molar-refractivity contribution >= 4 is 111 Å². The van der Waals surface area contributed by atoms with Gasteiger partial charge in [-0.1, -0.05) is 154 Å². The molecule has 4 heterocycles. The molecule has 356 valence electrons. The minimum Gasteiger partial charge on any atom is -0.456 e. The average molecular weight is 957 g/mol. The molecule has 6 heteroatoms. The fraction of sp³-hybridized carbons (Fsp3) is 0.242. The van der Waals surface area contributed by atoms with Crippen LogP contribution in [0, 0.1) is 0 Å². The van der Waals surface area contributed by atoms with Crippen molar-refractivity contribution in [3.8, 4) is 22.3 Å². The van der Waals surface area contributed by atoms with Crippen molar-refractivity contribution in [3.05, 3.63) is 174 Å². The standard InChI is InChI=1S/C66H61BN2O2S/c1-63(2,3)39-24-27-41(28-25-39)68-59-44(29-31-53-56(59)47-35-48-49(37-54(47)70-53)66(9,10)33-32-65(48,7)8)57-58-51(36-46-42-20-14-16-22-52(42)71-61(46)57)69(60-43-21-15-17-23-55(43)72-62(60)67-58)50-30-26-40(64(4,5)6)34-45(50)38-18-12-11-13-19-38/h11-31,34-37,67-68H,32-33H2,1-10H3. The lowest BCUT2D eigenvalue weighted by Gasteiger charge is -2.41. The molecule has 3 aromatic heterocycles. The van der Waals surface area contributed by atoms with Gasteiger partial charge in [0.2, 0.25) is 7.28 Å². The molecule has 0 saturated heterocycles. The number of nitrogens with zero attached hydrogens (tertiary/aromatic N) is 1. The van der Waals surface area contributed by atoms with Crippen LogP contribution >= 0.6 is 11.3 Å². The van der Waals surface area contributed by atoms with Gasteiger partial charge in [-0.3, -0.25) is 0 Å². The van der Waals surface area contributed by atoms with Crippen LogP contribution in [-0.4, -0.2) is 7.28 Å². The second-order valence-corrected chi connectivity index (χ2v) is 25.2. The quantitative estimate of drug-likeness (QED) is 0.175. The Labute approximate surface area is 427 Å². The van der Waals surface area contributed by atoms with Gasteiger partial charge in [0, 0.05) is 54.3 Å². The lowest BCUT2D eigenvalue weighted by molar-refractivity contribution is 0.332. The summed E-state index contributed by atoms with van der Waals surface area (Å²) in [6, 6.07) is 56.5.